The summed E-state index contributed by atoms with van der Waals surface area (Å²) in [5.41, 5.74) is 0.898. The molecule has 7 heteroatoms. The Morgan fingerprint density at radius 3 is 2.96 bits per heavy atom. The maximum Gasteiger partial charge on any atom is 0.247 e. The number of amides is 2. The quantitative estimate of drug-likeness (QED) is 0.902. The number of rotatable bonds is 5. The molecular weight excluding hydrogens is 324 g/mol. The lowest BCUT2D eigenvalue weighted by Gasteiger charge is -2.33. The Balaban J connectivity index is 1.71. The van der Waals surface area contributed by atoms with Crippen molar-refractivity contribution in [2.75, 3.05) is 6.54 Å². The van der Waals surface area contributed by atoms with Crippen LogP contribution in [0, 0.1) is 5.92 Å². The number of hydrogen-bond donors (Lipinski definition) is 1. The van der Waals surface area contributed by atoms with Crippen molar-refractivity contribution in [3.8, 4) is 0 Å². The Morgan fingerprint density at radius 1 is 1.42 bits per heavy atom. The standard InChI is InChI=1S/C17H22N4O2S/c1-12(2)8-16(22)20-10-13-5-6-19-21(13)15(11-20)17(23)18-9-14-4-3-7-24-14/h3-7,12,15H,8-11H2,1-2H3,(H,18,23)/t15-/m0/s1. The summed E-state index contributed by atoms with van der Waals surface area (Å²) in [5, 5.41) is 9.22. The molecule has 0 radical (unpaired) electrons. The number of nitrogens with one attached hydrogen (secondary N) is 1. The van der Waals surface area contributed by atoms with Crippen LogP contribution < -0.4 is 5.32 Å². The van der Waals surface area contributed by atoms with E-state index in [1.807, 2.05) is 37.4 Å². The number of fused-ring (bicyclic) bond motifs is 1. The van der Waals surface area contributed by atoms with Crippen molar-refractivity contribution in [1.82, 2.24) is 20.0 Å². The molecule has 0 aromatic carbocycles. The first kappa shape index (κ1) is 16.7. The maximum absolute atomic E-state index is 12.6. The van der Waals surface area contributed by atoms with E-state index < -0.39 is 6.04 Å². The van der Waals surface area contributed by atoms with Gasteiger partial charge in [-0.25, -0.2) is 0 Å². The number of carbonyl (C=O) groups excluding carboxylic acids is 2. The van der Waals surface area contributed by atoms with Crippen molar-refractivity contribution >= 4 is 23.2 Å². The summed E-state index contributed by atoms with van der Waals surface area (Å²) in [6.45, 7) is 5.44. The molecule has 0 fully saturated rings. The van der Waals surface area contributed by atoms with E-state index >= 15 is 0 Å². The van der Waals surface area contributed by atoms with Crippen molar-refractivity contribution in [1.29, 1.82) is 0 Å². The van der Waals surface area contributed by atoms with Gasteiger partial charge in [-0.3, -0.25) is 14.3 Å². The molecule has 0 spiro atoms. The summed E-state index contributed by atoms with van der Waals surface area (Å²) in [7, 11) is 0. The van der Waals surface area contributed by atoms with E-state index in [4.69, 9.17) is 0 Å². The Morgan fingerprint density at radius 2 is 2.25 bits per heavy atom. The first-order valence-electron chi connectivity index (χ1n) is 8.15. The second-order valence-electron chi connectivity index (χ2n) is 6.45. The lowest BCUT2D eigenvalue weighted by molar-refractivity contribution is -0.136. The first-order chi connectivity index (χ1) is 11.5. The normalized spacial score (nSPS) is 17.0. The van der Waals surface area contributed by atoms with Crippen molar-refractivity contribution in [3.05, 3.63) is 40.3 Å². The highest BCUT2D eigenvalue weighted by atomic mass is 32.1. The van der Waals surface area contributed by atoms with Gasteiger partial charge in [-0.05, 0) is 23.4 Å². The van der Waals surface area contributed by atoms with Gasteiger partial charge in [0.15, 0.2) is 0 Å². The molecule has 0 saturated carbocycles. The third-order valence-electron chi connectivity index (χ3n) is 4.05. The van der Waals surface area contributed by atoms with Crippen LogP contribution in [0.2, 0.25) is 0 Å². The van der Waals surface area contributed by atoms with Gasteiger partial charge in [0.25, 0.3) is 0 Å². The summed E-state index contributed by atoms with van der Waals surface area (Å²) in [6, 6.07) is 5.35. The number of carbonyl (C=O) groups is 2. The third kappa shape index (κ3) is 3.67. The first-order valence-corrected chi connectivity index (χ1v) is 9.03. The molecule has 2 aromatic rings. The smallest absolute Gasteiger partial charge is 0.247 e. The van der Waals surface area contributed by atoms with Gasteiger partial charge in [0.2, 0.25) is 11.8 Å². The Hall–Kier alpha value is -2.15. The molecule has 1 atom stereocenters. The van der Waals surface area contributed by atoms with Crippen LogP contribution in [0.3, 0.4) is 0 Å². The van der Waals surface area contributed by atoms with E-state index in [0.29, 0.717) is 32.0 Å². The van der Waals surface area contributed by atoms with E-state index in [0.717, 1.165) is 10.6 Å². The van der Waals surface area contributed by atoms with Crippen LogP contribution in [0.1, 0.15) is 36.9 Å². The largest absolute Gasteiger partial charge is 0.349 e. The average Bonchev–Trinajstić information content (AvgIpc) is 3.21. The Kier molecular flexibility index (Phi) is 4.99. The minimum Gasteiger partial charge on any atom is -0.349 e. The summed E-state index contributed by atoms with van der Waals surface area (Å²) < 4.78 is 1.74. The van der Waals surface area contributed by atoms with Crippen LogP contribution in [0.4, 0.5) is 0 Å². The van der Waals surface area contributed by atoms with Crippen LogP contribution in [-0.4, -0.2) is 33.0 Å². The topological polar surface area (TPSA) is 67.2 Å². The van der Waals surface area contributed by atoms with Crippen LogP contribution in [0.15, 0.2) is 29.8 Å². The monoisotopic (exact) mass is 346 g/mol. The molecule has 0 saturated heterocycles. The molecular formula is C17H22N4O2S. The lowest BCUT2D eigenvalue weighted by atomic mass is 10.1. The van der Waals surface area contributed by atoms with Crippen LogP contribution >= 0.6 is 11.3 Å². The van der Waals surface area contributed by atoms with Gasteiger partial charge in [-0.15, -0.1) is 11.3 Å². The summed E-state index contributed by atoms with van der Waals surface area (Å²) in [4.78, 5) is 27.9. The summed E-state index contributed by atoms with van der Waals surface area (Å²) >= 11 is 1.61. The predicted octanol–water partition coefficient (Wildman–Crippen LogP) is 2.19. The molecule has 0 unspecified atom stereocenters. The van der Waals surface area contributed by atoms with Crippen molar-refractivity contribution in [2.24, 2.45) is 5.92 Å². The zero-order valence-corrected chi connectivity index (χ0v) is 14.8. The molecule has 3 rings (SSSR count). The van der Waals surface area contributed by atoms with Gasteiger partial charge in [0.1, 0.15) is 6.04 Å². The summed E-state index contributed by atoms with van der Waals surface area (Å²) in [5.74, 6) is 0.291. The van der Waals surface area contributed by atoms with Gasteiger partial charge < -0.3 is 10.2 Å². The van der Waals surface area contributed by atoms with Crippen LogP contribution in [0.25, 0.3) is 0 Å². The van der Waals surface area contributed by atoms with Crippen molar-refractivity contribution in [3.63, 3.8) is 0 Å². The zero-order valence-electron chi connectivity index (χ0n) is 13.9. The van der Waals surface area contributed by atoms with Gasteiger partial charge in [0, 0.05) is 17.5 Å². The van der Waals surface area contributed by atoms with Gasteiger partial charge >= 0.3 is 0 Å². The van der Waals surface area contributed by atoms with Crippen molar-refractivity contribution < 1.29 is 9.59 Å². The maximum atomic E-state index is 12.6. The highest BCUT2D eigenvalue weighted by Crippen LogP contribution is 2.22. The fourth-order valence-corrected chi connectivity index (χ4v) is 3.51. The highest BCUT2D eigenvalue weighted by Gasteiger charge is 2.32. The molecule has 2 aromatic heterocycles. The minimum atomic E-state index is -0.472. The summed E-state index contributed by atoms with van der Waals surface area (Å²) in [6.07, 6.45) is 2.18. The van der Waals surface area contributed by atoms with E-state index in [-0.39, 0.29) is 11.8 Å². The lowest BCUT2D eigenvalue weighted by Crippen LogP contribution is -2.47. The number of hydrogen-bond acceptors (Lipinski definition) is 4. The molecule has 24 heavy (non-hydrogen) atoms. The molecule has 1 aliphatic rings. The average molecular weight is 346 g/mol. The third-order valence-corrected chi connectivity index (χ3v) is 4.93. The van der Waals surface area contributed by atoms with E-state index in [2.05, 4.69) is 10.4 Å². The highest BCUT2D eigenvalue weighted by molar-refractivity contribution is 7.09. The predicted molar refractivity (Wildman–Crippen MR) is 92.3 cm³/mol. The fraction of sp³-hybridized carbons (Fsp3) is 0.471. The Labute approximate surface area is 145 Å². The second kappa shape index (κ2) is 7.17. The van der Waals surface area contributed by atoms with E-state index in [1.165, 1.54) is 0 Å². The molecule has 0 bridgehead atoms. The number of aromatic nitrogens is 2. The molecule has 2 amide bonds. The van der Waals surface area contributed by atoms with Gasteiger partial charge in [-0.1, -0.05) is 19.9 Å². The van der Waals surface area contributed by atoms with Crippen molar-refractivity contribution in [2.45, 2.75) is 39.4 Å². The molecule has 6 nitrogen and oxygen atoms in total. The molecule has 3 heterocycles. The molecule has 1 aliphatic heterocycles. The zero-order chi connectivity index (χ0) is 17.1. The van der Waals surface area contributed by atoms with E-state index in [9.17, 15) is 9.59 Å². The van der Waals surface area contributed by atoms with Crippen LogP contribution in [-0.2, 0) is 22.7 Å². The fourth-order valence-electron chi connectivity index (χ4n) is 2.86. The van der Waals surface area contributed by atoms with Gasteiger partial charge in [0.05, 0.1) is 25.3 Å². The van der Waals surface area contributed by atoms with E-state index in [1.54, 1.807) is 27.1 Å². The molecule has 0 aliphatic carbocycles. The molecule has 128 valence electrons. The second-order valence-corrected chi connectivity index (χ2v) is 7.48. The minimum absolute atomic E-state index is 0.0912. The number of nitrogens with zero attached hydrogens (tertiary/aromatic N) is 3. The van der Waals surface area contributed by atoms with Crippen LogP contribution in [0.5, 0.6) is 0 Å². The SMILES string of the molecule is CC(C)CC(=O)N1Cc2ccnn2[C@H](C(=O)NCc2cccs2)C1. The number of thiophene rings is 1. The Bertz CT molecular complexity index is 708. The van der Waals surface area contributed by atoms with Gasteiger partial charge in [-0.2, -0.15) is 5.10 Å². The molecule has 1 N–H and O–H groups in total.